The maximum absolute atomic E-state index is 9.88. The number of nitrogens with zero attached hydrogens (tertiary/aromatic N) is 5. The molecule has 0 atom stereocenters. The van der Waals surface area contributed by atoms with Gasteiger partial charge in [0.1, 0.15) is 0 Å². The topological polar surface area (TPSA) is 61.2 Å². The molecule has 41 heavy (non-hydrogen) atoms. The standard InChI is InChI=1S/C32H15Cl2N5S2/c1-14(2)13-39-27-25-17-7-5-15(33)9-19(17)23(21(11-35)37-3)29(25)40-31(27)32-28(39)26-18-8-6-16(34)10-20(18)24(30(26)41-32)22(12-36)38-4/h5-10,14H,13H2,1-2H3/b23-21-,24-22+. The summed E-state index contributed by atoms with van der Waals surface area (Å²) in [5.41, 5.74) is 9.06. The van der Waals surface area contributed by atoms with Crippen molar-refractivity contribution in [3.8, 4) is 34.4 Å². The summed E-state index contributed by atoms with van der Waals surface area (Å²) in [6.07, 6.45) is 0. The number of fused-ring (bicyclic) bond motifs is 11. The number of thiophene rings is 2. The molecule has 0 bridgehead atoms. The van der Waals surface area contributed by atoms with Gasteiger partial charge in [-0.15, -0.1) is 22.7 Å². The maximum atomic E-state index is 9.88. The van der Waals surface area contributed by atoms with Crippen LogP contribution in [0.25, 0.3) is 63.5 Å². The first-order valence-electron chi connectivity index (χ1n) is 12.6. The van der Waals surface area contributed by atoms with Crippen LogP contribution in [-0.4, -0.2) is 4.57 Å². The average molecular weight is 605 g/mol. The van der Waals surface area contributed by atoms with Gasteiger partial charge >= 0.3 is 0 Å². The number of benzene rings is 2. The van der Waals surface area contributed by atoms with E-state index in [-0.39, 0.29) is 11.4 Å². The van der Waals surface area contributed by atoms with E-state index in [4.69, 9.17) is 36.3 Å². The largest absolute Gasteiger partial charge is 0.338 e. The van der Waals surface area contributed by atoms with E-state index in [2.05, 4.69) is 40.2 Å². The third-order valence-electron chi connectivity index (χ3n) is 7.46. The van der Waals surface area contributed by atoms with Crippen molar-refractivity contribution < 1.29 is 0 Å². The Kier molecular flexibility index (Phi) is 5.68. The summed E-state index contributed by atoms with van der Waals surface area (Å²) in [5, 5.41) is 20.9. The number of nitriles is 2. The molecule has 7 rings (SSSR count). The minimum absolute atomic E-state index is 0.0447. The van der Waals surface area contributed by atoms with Gasteiger partial charge in [-0.3, -0.25) is 0 Å². The van der Waals surface area contributed by atoms with Crippen LogP contribution in [0.3, 0.4) is 0 Å². The first-order chi connectivity index (χ1) is 19.8. The average Bonchev–Trinajstić information content (AvgIpc) is 3.70. The van der Waals surface area contributed by atoms with Crippen molar-refractivity contribution in [2.24, 2.45) is 5.92 Å². The third kappa shape index (κ3) is 3.36. The zero-order valence-electron chi connectivity index (χ0n) is 21.6. The molecule has 0 spiro atoms. The molecule has 5 nitrogen and oxygen atoms in total. The van der Waals surface area contributed by atoms with Crippen LogP contribution in [0.15, 0.2) is 47.8 Å². The smallest absolute Gasteiger partial charge is 0.271 e. The molecule has 0 amide bonds. The lowest BCUT2D eigenvalue weighted by Crippen LogP contribution is -2.04. The molecular formula is C32H15Cl2N5S2. The molecule has 0 saturated carbocycles. The number of halogens is 2. The Morgan fingerprint density at radius 1 is 0.805 bits per heavy atom. The van der Waals surface area contributed by atoms with Crippen molar-refractivity contribution in [1.29, 1.82) is 10.5 Å². The summed E-state index contributed by atoms with van der Waals surface area (Å²) in [6, 6.07) is 15.5. The van der Waals surface area contributed by atoms with Crippen molar-refractivity contribution in [3.63, 3.8) is 0 Å². The predicted molar refractivity (Wildman–Crippen MR) is 167 cm³/mol. The van der Waals surface area contributed by atoms with Gasteiger partial charge in [-0.25, -0.2) is 20.2 Å². The summed E-state index contributed by atoms with van der Waals surface area (Å²) in [7, 11) is 0. The van der Waals surface area contributed by atoms with E-state index < -0.39 is 0 Å². The zero-order chi connectivity index (χ0) is 28.7. The number of hydrogen-bond acceptors (Lipinski definition) is 4. The molecule has 0 fully saturated rings. The summed E-state index contributed by atoms with van der Waals surface area (Å²) in [6.45, 7) is 20.5. The van der Waals surface area contributed by atoms with Gasteiger partial charge in [0, 0.05) is 48.6 Å². The Bertz CT molecular complexity index is 2090. The van der Waals surface area contributed by atoms with Gasteiger partial charge in [0.2, 0.25) is 0 Å². The van der Waals surface area contributed by atoms with Gasteiger partial charge in [0.25, 0.3) is 11.4 Å². The van der Waals surface area contributed by atoms with Crippen LogP contribution in [0, 0.1) is 41.7 Å². The normalized spacial score (nSPS) is 15.1. The van der Waals surface area contributed by atoms with Gasteiger partial charge in [-0.1, -0.05) is 49.2 Å². The van der Waals surface area contributed by atoms with E-state index in [1.54, 1.807) is 22.7 Å². The minimum atomic E-state index is 0.0447. The summed E-state index contributed by atoms with van der Waals surface area (Å²) >= 11 is 16.0. The molecule has 5 aromatic rings. The van der Waals surface area contributed by atoms with E-state index in [9.17, 15) is 10.5 Å². The SMILES string of the molecule is [C-]#[N+]/C(C#N)=C1/c2cc(Cl)ccc2-c2c1sc1c3sc4c(c3n(CC(C)C)c21)-c1ccc(Cl)cc1/C4=C(/C#N)[N+]#[C-]. The Labute approximate surface area is 253 Å². The minimum Gasteiger partial charge on any atom is -0.338 e. The van der Waals surface area contributed by atoms with Crippen LogP contribution in [0.1, 0.15) is 34.7 Å². The maximum Gasteiger partial charge on any atom is 0.271 e. The summed E-state index contributed by atoms with van der Waals surface area (Å²) in [4.78, 5) is 8.95. The Morgan fingerprint density at radius 2 is 1.24 bits per heavy atom. The van der Waals surface area contributed by atoms with Crippen molar-refractivity contribution in [2.75, 3.05) is 0 Å². The third-order valence-corrected chi connectivity index (χ3v) is 10.5. The number of aromatic nitrogens is 1. The van der Waals surface area contributed by atoms with Crippen molar-refractivity contribution in [1.82, 2.24) is 4.57 Å². The molecule has 0 aliphatic heterocycles. The molecule has 2 aliphatic rings. The van der Waals surface area contributed by atoms with E-state index >= 15 is 0 Å². The van der Waals surface area contributed by atoms with Crippen molar-refractivity contribution in [3.05, 3.63) is 102 Å². The lowest BCUT2D eigenvalue weighted by Gasteiger charge is -2.12. The summed E-state index contributed by atoms with van der Waals surface area (Å²) < 4.78 is 4.50. The highest BCUT2D eigenvalue weighted by Gasteiger charge is 2.38. The Morgan fingerprint density at radius 3 is 1.61 bits per heavy atom. The molecule has 2 aliphatic carbocycles. The van der Waals surface area contributed by atoms with Crippen molar-refractivity contribution >= 4 is 77.5 Å². The molecule has 2 aromatic carbocycles. The monoisotopic (exact) mass is 603 g/mol. The molecule has 3 aromatic heterocycles. The molecule has 194 valence electrons. The van der Waals surface area contributed by atoms with Gasteiger partial charge in [0.05, 0.1) is 45.7 Å². The van der Waals surface area contributed by atoms with Crippen LogP contribution < -0.4 is 0 Å². The quantitative estimate of drug-likeness (QED) is 0.146. The highest BCUT2D eigenvalue weighted by molar-refractivity contribution is 7.29. The van der Waals surface area contributed by atoms with Crippen molar-refractivity contribution in [2.45, 2.75) is 20.4 Å². The van der Waals surface area contributed by atoms with Crippen LogP contribution in [0.5, 0.6) is 0 Å². The highest BCUT2D eigenvalue weighted by atomic mass is 35.5. The second-order valence-corrected chi connectivity index (χ2v) is 13.2. The fraction of sp³-hybridized carbons (Fsp3) is 0.125. The zero-order valence-corrected chi connectivity index (χ0v) is 24.7. The second kappa shape index (κ2) is 9.09. The second-order valence-electron chi connectivity index (χ2n) is 10.2. The molecule has 0 N–H and O–H groups in total. The number of hydrogen-bond donors (Lipinski definition) is 0. The van der Waals surface area contributed by atoms with E-state index in [1.165, 1.54) is 0 Å². The molecule has 0 radical (unpaired) electrons. The lowest BCUT2D eigenvalue weighted by molar-refractivity contribution is 0.546. The molecule has 0 unspecified atom stereocenters. The molecule has 0 saturated heterocycles. The molecular weight excluding hydrogens is 589 g/mol. The first-order valence-corrected chi connectivity index (χ1v) is 15.0. The number of allylic oxidation sites excluding steroid dienone is 2. The van der Waals surface area contributed by atoms with Gasteiger partial charge in [-0.2, -0.15) is 0 Å². The highest BCUT2D eigenvalue weighted by Crippen LogP contribution is 2.60. The van der Waals surface area contributed by atoms with E-state index in [0.717, 1.165) is 70.1 Å². The van der Waals surface area contributed by atoms with Crippen LogP contribution in [0.4, 0.5) is 0 Å². The van der Waals surface area contributed by atoms with Crippen LogP contribution >= 0.6 is 45.9 Å². The fourth-order valence-electron chi connectivity index (χ4n) is 6.05. The first kappa shape index (κ1) is 25.6. The fourth-order valence-corrected chi connectivity index (χ4v) is 9.28. The van der Waals surface area contributed by atoms with Gasteiger partial charge in [0.15, 0.2) is 0 Å². The van der Waals surface area contributed by atoms with Crippen LogP contribution in [-0.2, 0) is 6.54 Å². The molecule has 3 heterocycles. The number of rotatable bonds is 2. The van der Waals surface area contributed by atoms with Gasteiger partial charge in [-0.05, 0) is 52.4 Å². The van der Waals surface area contributed by atoms with E-state index in [1.807, 2.05) is 36.4 Å². The van der Waals surface area contributed by atoms with Gasteiger partial charge < -0.3 is 4.57 Å². The Hall–Kier alpha value is -4.34. The summed E-state index contributed by atoms with van der Waals surface area (Å²) in [5.74, 6) is 0.318. The predicted octanol–water partition coefficient (Wildman–Crippen LogP) is 10.2. The Balaban J connectivity index is 1.68. The lowest BCUT2D eigenvalue weighted by atomic mass is 10.0. The van der Waals surface area contributed by atoms with Crippen LogP contribution in [0.2, 0.25) is 10.0 Å². The molecule has 9 heteroatoms. The van der Waals surface area contributed by atoms with E-state index in [0.29, 0.717) is 27.1 Å².